The minimum absolute atomic E-state index is 0.0409. The Morgan fingerprint density at radius 1 is 0.969 bits per heavy atom. The third-order valence-corrected chi connectivity index (χ3v) is 10.6. The van der Waals surface area contributed by atoms with Gasteiger partial charge in [-0.2, -0.15) is 0 Å². The van der Waals surface area contributed by atoms with E-state index in [2.05, 4.69) is 32.9 Å². The summed E-state index contributed by atoms with van der Waals surface area (Å²) in [6.07, 6.45) is 13.7. The van der Waals surface area contributed by atoms with Crippen molar-refractivity contribution in [2.24, 2.45) is 33.5 Å². The molecule has 0 unspecified atom stereocenters. The number of carbonyl (C=O) groups excluding carboxylic acids is 1. The van der Waals surface area contributed by atoms with Crippen LogP contribution < -0.4 is 0 Å². The predicted octanol–water partition coefficient (Wildman–Crippen LogP) is 6.20. The van der Waals surface area contributed by atoms with Crippen molar-refractivity contribution < 1.29 is 19.0 Å². The summed E-state index contributed by atoms with van der Waals surface area (Å²) in [4.78, 5) is 12.9. The van der Waals surface area contributed by atoms with E-state index in [4.69, 9.17) is 14.2 Å². The number of fused-ring (bicyclic) bond motifs is 5. The smallest absolute Gasteiger partial charge is 0.333 e. The first-order valence-electron chi connectivity index (χ1n) is 12.8. The molecule has 1 aliphatic heterocycles. The summed E-state index contributed by atoms with van der Waals surface area (Å²) in [5, 5.41) is 0. The maximum absolute atomic E-state index is 12.9. The Kier molecular flexibility index (Phi) is 4.92. The number of ether oxygens (including phenoxy) is 3. The predicted molar refractivity (Wildman–Crippen MR) is 125 cm³/mol. The molecule has 0 amide bonds. The van der Waals surface area contributed by atoms with Gasteiger partial charge >= 0.3 is 5.97 Å². The first kappa shape index (κ1) is 22.7. The van der Waals surface area contributed by atoms with Crippen LogP contribution in [0.4, 0.5) is 0 Å². The van der Waals surface area contributed by atoms with Crippen molar-refractivity contribution in [2.45, 2.75) is 105 Å². The number of esters is 1. The zero-order valence-electron chi connectivity index (χ0n) is 21.1. The second-order valence-corrected chi connectivity index (χ2v) is 12.7. The van der Waals surface area contributed by atoms with E-state index in [9.17, 15) is 4.79 Å². The molecule has 0 aromatic heterocycles. The summed E-state index contributed by atoms with van der Waals surface area (Å²) in [7, 11) is 0. The molecule has 8 atom stereocenters. The fourth-order valence-corrected chi connectivity index (χ4v) is 8.75. The van der Waals surface area contributed by atoms with Gasteiger partial charge in [0.1, 0.15) is 6.10 Å². The first-order chi connectivity index (χ1) is 14.9. The van der Waals surface area contributed by atoms with Crippen molar-refractivity contribution in [2.75, 3.05) is 6.61 Å². The topological polar surface area (TPSA) is 44.8 Å². The second kappa shape index (κ2) is 6.95. The second-order valence-electron chi connectivity index (χ2n) is 12.7. The molecule has 0 aromatic rings. The molecule has 4 heteroatoms. The average molecular weight is 443 g/mol. The summed E-state index contributed by atoms with van der Waals surface area (Å²) in [6, 6.07) is 0. The van der Waals surface area contributed by atoms with Crippen LogP contribution in [0.25, 0.3) is 0 Å². The molecular weight excluding hydrogens is 400 g/mol. The van der Waals surface area contributed by atoms with Crippen molar-refractivity contribution in [3.05, 3.63) is 23.8 Å². The van der Waals surface area contributed by atoms with Gasteiger partial charge in [0.2, 0.25) is 0 Å². The molecule has 32 heavy (non-hydrogen) atoms. The van der Waals surface area contributed by atoms with Gasteiger partial charge in [-0.15, -0.1) is 0 Å². The molecule has 0 N–H and O–H groups in total. The van der Waals surface area contributed by atoms with Crippen molar-refractivity contribution in [3.63, 3.8) is 0 Å². The lowest BCUT2D eigenvalue weighted by Crippen LogP contribution is -2.67. The highest BCUT2D eigenvalue weighted by Crippen LogP contribution is 2.73. The SMILES string of the molecule is C/C=C(\C)C(=O)O[C@@H]1[C@]23C=C[C@@]1(C)CC[C@@H]2[C@]1(C)CC[C@H]2OC(C)(C)OC[C@]2(C)[C@H]1CC3. The van der Waals surface area contributed by atoms with E-state index in [0.717, 1.165) is 32.3 Å². The van der Waals surface area contributed by atoms with Crippen LogP contribution in [0.3, 0.4) is 0 Å². The Bertz CT molecular complexity index is 873. The van der Waals surface area contributed by atoms with Crippen LogP contribution in [0.5, 0.6) is 0 Å². The van der Waals surface area contributed by atoms with Crippen molar-refractivity contribution in [1.29, 1.82) is 0 Å². The summed E-state index contributed by atoms with van der Waals surface area (Å²) < 4.78 is 19.1. The van der Waals surface area contributed by atoms with Gasteiger partial charge in [-0.3, -0.25) is 0 Å². The number of carbonyl (C=O) groups is 1. The van der Waals surface area contributed by atoms with E-state index < -0.39 is 5.79 Å². The molecule has 0 aromatic carbocycles. The van der Waals surface area contributed by atoms with Gasteiger partial charge in [0.15, 0.2) is 5.79 Å². The zero-order valence-corrected chi connectivity index (χ0v) is 21.1. The minimum atomic E-state index is -0.487. The van der Waals surface area contributed by atoms with Gasteiger partial charge < -0.3 is 14.2 Å². The number of rotatable bonds is 2. The van der Waals surface area contributed by atoms with E-state index in [0.29, 0.717) is 17.4 Å². The number of hydrogen-bond acceptors (Lipinski definition) is 4. The highest BCUT2D eigenvalue weighted by molar-refractivity contribution is 5.87. The summed E-state index contributed by atoms with van der Waals surface area (Å²) in [5.74, 6) is 0.453. The summed E-state index contributed by atoms with van der Waals surface area (Å²) in [6.45, 7) is 15.9. The third-order valence-electron chi connectivity index (χ3n) is 10.6. The zero-order chi connectivity index (χ0) is 23.2. The molecule has 4 aliphatic carbocycles. The van der Waals surface area contributed by atoms with Crippen LogP contribution in [0, 0.1) is 33.5 Å². The van der Waals surface area contributed by atoms with Gasteiger partial charge in [-0.25, -0.2) is 4.79 Å². The molecular formula is C28H42O4. The monoisotopic (exact) mass is 442 g/mol. The molecule has 4 nitrogen and oxygen atoms in total. The summed E-state index contributed by atoms with van der Waals surface area (Å²) in [5.41, 5.74) is 0.861. The number of allylic oxidation sites excluding steroid dienone is 1. The normalized spacial score (nSPS) is 51.4. The Labute approximate surface area is 194 Å². The summed E-state index contributed by atoms with van der Waals surface area (Å²) >= 11 is 0. The Morgan fingerprint density at radius 3 is 2.41 bits per heavy atom. The van der Waals surface area contributed by atoms with Crippen molar-refractivity contribution in [1.82, 2.24) is 0 Å². The molecule has 0 radical (unpaired) electrons. The Hall–Kier alpha value is -1.13. The maximum Gasteiger partial charge on any atom is 0.333 e. The van der Waals surface area contributed by atoms with E-state index in [1.807, 2.05) is 33.8 Å². The minimum Gasteiger partial charge on any atom is -0.457 e. The fraction of sp³-hybridized carbons (Fsp3) is 0.821. The highest BCUT2D eigenvalue weighted by atomic mass is 16.7. The maximum atomic E-state index is 12.9. The van der Waals surface area contributed by atoms with E-state index in [-0.39, 0.29) is 39.8 Å². The molecule has 178 valence electrons. The lowest BCUT2D eigenvalue weighted by atomic mass is 9.39. The van der Waals surface area contributed by atoms with Gasteiger partial charge in [-0.05, 0) is 83.5 Å². The van der Waals surface area contributed by atoms with Gasteiger partial charge in [0, 0.05) is 21.8 Å². The quantitative estimate of drug-likeness (QED) is 0.290. The van der Waals surface area contributed by atoms with Crippen LogP contribution in [-0.2, 0) is 19.0 Å². The molecule has 5 aliphatic rings. The van der Waals surface area contributed by atoms with Crippen LogP contribution >= 0.6 is 0 Å². The van der Waals surface area contributed by atoms with Crippen LogP contribution in [0.15, 0.2) is 23.8 Å². The van der Waals surface area contributed by atoms with Crippen LogP contribution in [0.1, 0.15) is 87.0 Å². The molecule has 1 spiro atoms. The standard InChI is InChI=1S/C28H42O4/c1-8-18(2)22(29)31-23-25(5)12-9-20-26(6)13-11-21-27(7,17-30-24(3,4)32-21)19(26)10-14-28(20,23)16-15-25/h8,15-16,19-21,23H,9-14,17H2,1-7H3/b18-8+/t19-,20+,21+,23-,25+,26+,27+,28+/m0/s1. The Morgan fingerprint density at radius 2 is 1.69 bits per heavy atom. The Balaban J connectivity index is 1.49. The molecule has 2 bridgehead atoms. The highest BCUT2D eigenvalue weighted by Gasteiger charge is 2.70. The molecule has 1 heterocycles. The fourth-order valence-electron chi connectivity index (χ4n) is 8.75. The third kappa shape index (κ3) is 2.90. The van der Waals surface area contributed by atoms with Crippen molar-refractivity contribution >= 4 is 5.97 Å². The average Bonchev–Trinajstić information content (AvgIpc) is 2.89. The first-order valence-corrected chi connectivity index (χ1v) is 12.8. The van der Waals surface area contributed by atoms with Crippen LogP contribution in [0.2, 0.25) is 0 Å². The van der Waals surface area contributed by atoms with E-state index in [1.165, 1.54) is 12.8 Å². The lowest BCUT2D eigenvalue weighted by molar-refractivity contribution is -0.350. The lowest BCUT2D eigenvalue weighted by Gasteiger charge is -2.68. The van der Waals surface area contributed by atoms with Gasteiger partial charge in [-0.1, -0.05) is 39.0 Å². The van der Waals surface area contributed by atoms with Gasteiger partial charge in [0.05, 0.1) is 12.7 Å². The molecule has 3 saturated carbocycles. The van der Waals surface area contributed by atoms with Crippen molar-refractivity contribution in [3.8, 4) is 0 Å². The molecule has 5 rings (SSSR count). The van der Waals surface area contributed by atoms with Crippen LogP contribution in [-0.4, -0.2) is 30.6 Å². The van der Waals surface area contributed by atoms with E-state index in [1.54, 1.807) is 0 Å². The molecule has 4 fully saturated rings. The largest absolute Gasteiger partial charge is 0.457 e. The number of hydrogen-bond donors (Lipinski definition) is 0. The molecule has 1 saturated heterocycles. The van der Waals surface area contributed by atoms with Gasteiger partial charge in [0.25, 0.3) is 0 Å². The van der Waals surface area contributed by atoms with E-state index >= 15 is 0 Å².